The summed E-state index contributed by atoms with van der Waals surface area (Å²) in [7, 11) is -1.83. The Hall–Kier alpha value is -0.843. The number of hydrogen-bond acceptors (Lipinski definition) is 3. The van der Waals surface area contributed by atoms with Gasteiger partial charge in [-0.25, -0.2) is 0 Å². The first-order valence-electron chi connectivity index (χ1n) is 12.6. The summed E-state index contributed by atoms with van der Waals surface area (Å²) in [6.07, 6.45) is 8.15. The van der Waals surface area contributed by atoms with Gasteiger partial charge in [0.2, 0.25) is 8.32 Å². The molecule has 3 aliphatic rings. The van der Waals surface area contributed by atoms with Gasteiger partial charge in [-0.05, 0) is 116 Å². The number of rotatable bonds is 5. The summed E-state index contributed by atoms with van der Waals surface area (Å²) in [5.74, 6) is 2.97. The molecule has 0 bridgehead atoms. The van der Waals surface area contributed by atoms with E-state index in [-0.39, 0.29) is 17.1 Å². The van der Waals surface area contributed by atoms with Crippen molar-refractivity contribution in [1.29, 1.82) is 0 Å². The van der Waals surface area contributed by atoms with Crippen LogP contribution in [0.3, 0.4) is 0 Å². The van der Waals surface area contributed by atoms with E-state index >= 15 is 0 Å². The minimum atomic E-state index is -1.83. The van der Waals surface area contributed by atoms with Gasteiger partial charge in [-0.15, -0.1) is 0 Å². The van der Waals surface area contributed by atoms with Crippen molar-refractivity contribution in [1.82, 2.24) is 0 Å². The second-order valence-corrected chi connectivity index (χ2v) is 17.2. The van der Waals surface area contributed by atoms with E-state index in [2.05, 4.69) is 59.0 Å². The summed E-state index contributed by atoms with van der Waals surface area (Å²) in [5.41, 5.74) is 2.46. The van der Waals surface area contributed by atoms with Crippen molar-refractivity contribution in [2.75, 3.05) is 6.61 Å². The third-order valence-electron chi connectivity index (χ3n) is 9.95. The Bertz CT molecular complexity index is 813. The van der Waals surface area contributed by atoms with Crippen LogP contribution in [-0.2, 0) is 6.42 Å². The number of aryl methyl sites for hydroxylation is 1. The van der Waals surface area contributed by atoms with Crippen LogP contribution in [0.1, 0.15) is 89.7 Å². The Morgan fingerprint density at radius 3 is 2.55 bits per heavy atom. The summed E-state index contributed by atoms with van der Waals surface area (Å²) in [5, 5.41) is 21.1. The van der Waals surface area contributed by atoms with E-state index in [1.165, 1.54) is 18.4 Å². The zero-order valence-electron chi connectivity index (χ0n) is 20.6. The maximum Gasteiger partial charge on any atom is 0.250 e. The van der Waals surface area contributed by atoms with Crippen molar-refractivity contribution < 1.29 is 14.6 Å². The van der Waals surface area contributed by atoms with E-state index in [0.29, 0.717) is 24.2 Å². The Morgan fingerprint density at radius 2 is 1.87 bits per heavy atom. The maximum absolute atomic E-state index is 11.5. The molecule has 0 spiro atoms. The lowest BCUT2D eigenvalue weighted by Crippen LogP contribution is -2.50. The van der Waals surface area contributed by atoms with E-state index in [1.54, 1.807) is 5.56 Å². The molecule has 5 atom stereocenters. The summed E-state index contributed by atoms with van der Waals surface area (Å²) >= 11 is 0. The van der Waals surface area contributed by atoms with Crippen LogP contribution in [0.4, 0.5) is 0 Å². The first-order valence-corrected chi connectivity index (χ1v) is 15.5. The van der Waals surface area contributed by atoms with Gasteiger partial charge in [0.1, 0.15) is 5.75 Å². The lowest BCUT2D eigenvalue weighted by molar-refractivity contribution is -0.109. The predicted molar refractivity (Wildman–Crippen MR) is 130 cm³/mol. The zero-order chi connectivity index (χ0) is 22.7. The van der Waals surface area contributed by atoms with E-state index in [1.807, 2.05) is 0 Å². The molecule has 0 amide bonds. The highest BCUT2D eigenvalue weighted by atomic mass is 28.4. The van der Waals surface area contributed by atoms with E-state index in [0.717, 1.165) is 37.9 Å². The average molecular weight is 445 g/mol. The van der Waals surface area contributed by atoms with Gasteiger partial charge in [0.15, 0.2) is 0 Å². The van der Waals surface area contributed by atoms with Crippen LogP contribution in [-0.4, -0.2) is 30.7 Å². The summed E-state index contributed by atoms with van der Waals surface area (Å²) < 4.78 is 6.60. The molecule has 4 heteroatoms. The molecule has 0 saturated heterocycles. The third-order valence-corrected chi connectivity index (χ3v) is 14.3. The Balaban J connectivity index is 1.55. The fourth-order valence-electron chi connectivity index (χ4n) is 6.96. The van der Waals surface area contributed by atoms with Gasteiger partial charge in [-0.3, -0.25) is 0 Å². The lowest BCUT2D eigenvalue weighted by atomic mass is 9.53. The molecule has 0 radical (unpaired) electrons. The standard InChI is InChI=1S/C27H44O3Si/c1-25(2,3)31(5,6)30-20-9-11-21-19(18-20)8-10-23-22(21)12-15-26(4)24(23)13-16-27(26,29)14-7-17-28/h9,11,18,22-24,28-29H,7-8,10,12-17H2,1-6H3/t22?,23?,24?,26-,27-/m0/s1. The van der Waals surface area contributed by atoms with E-state index < -0.39 is 13.9 Å². The van der Waals surface area contributed by atoms with Crippen LogP contribution in [0.2, 0.25) is 18.1 Å². The number of aliphatic hydroxyl groups is 2. The van der Waals surface area contributed by atoms with Gasteiger partial charge in [0, 0.05) is 6.61 Å². The topological polar surface area (TPSA) is 49.7 Å². The van der Waals surface area contributed by atoms with Gasteiger partial charge < -0.3 is 14.6 Å². The molecule has 4 rings (SSSR count). The van der Waals surface area contributed by atoms with Crippen molar-refractivity contribution in [3.05, 3.63) is 29.3 Å². The molecule has 1 aromatic carbocycles. The maximum atomic E-state index is 11.5. The van der Waals surface area contributed by atoms with E-state index in [4.69, 9.17) is 4.43 Å². The Labute approximate surface area is 190 Å². The van der Waals surface area contributed by atoms with Crippen LogP contribution < -0.4 is 4.43 Å². The number of aliphatic hydroxyl groups excluding tert-OH is 1. The molecule has 174 valence electrons. The van der Waals surface area contributed by atoms with Crippen molar-refractivity contribution in [3.63, 3.8) is 0 Å². The molecule has 3 unspecified atom stereocenters. The summed E-state index contributed by atoms with van der Waals surface area (Å²) in [4.78, 5) is 0. The first kappa shape index (κ1) is 23.3. The fraction of sp³-hybridized carbons (Fsp3) is 0.778. The second-order valence-electron chi connectivity index (χ2n) is 12.5. The normalized spacial score (nSPS) is 35.3. The molecule has 2 fully saturated rings. The highest BCUT2D eigenvalue weighted by Crippen LogP contribution is 2.65. The summed E-state index contributed by atoms with van der Waals surface area (Å²) in [6, 6.07) is 6.93. The molecule has 31 heavy (non-hydrogen) atoms. The Kier molecular flexibility index (Phi) is 5.93. The number of hydrogen-bond donors (Lipinski definition) is 2. The Morgan fingerprint density at radius 1 is 1.13 bits per heavy atom. The van der Waals surface area contributed by atoms with Crippen molar-refractivity contribution in [2.24, 2.45) is 17.3 Å². The second kappa shape index (κ2) is 7.88. The summed E-state index contributed by atoms with van der Waals surface area (Å²) in [6.45, 7) is 14.1. The van der Waals surface area contributed by atoms with Gasteiger partial charge in [0.05, 0.1) is 5.60 Å². The molecular weight excluding hydrogens is 400 g/mol. The van der Waals surface area contributed by atoms with Gasteiger partial charge in [-0.1, -0.05) is 33.8 Å². The van der Waals surface area contributed by atoms with Crippen LogP contribution in [0.5, 0.6) is 5.75 Å². The van der Waals surface area contributed by atoms with E-state index in [9.17, 15) is 10.2 Å². The zero-order valence-corrected chi connectivity index (χ0v) is 21.6. The lowest BCUT2D eigenvalue weighted by Gasteiger charge is -2.53. The average Bonchev–Trinajstić information content (AvgIpc) is 2.96. The predicted octanol–water partition coefficient (Wildman–Crippen LogP) is 6.43. The molecule has 0 aliphatic heterocycles. The molecule has 0 heterocycles. The van der Waals surface area contributed by atoms with Gasteiger partial charge in [0.25, 0.3) is 0 Å². The molecule has 3 nitrogen and oxygen atoms in total. The molecule has 2 saturated carbocycles. The van der Waals surface area contributed by atoms with Crippen molar-refractivity contribution >= 4 is 8.32 Å². The SMILES string of the molecule is CC(C)(C)[Si](C)(C)Oc1ccc2c(c1)CCC1C2CC[C@@]2(C)C1CC[C@@]2(O)CCCO. The van der Waals surface area contributed by atoms with Crippen LogP contribution in [0.25, 0.3) is 0 Å². The molecule has 0 aromatic heterocycles. The molecule has 2 N–H and O–H groups in total. The smallest absolute Gasteiger partial charge is 0.250 e. The van der Waals surface area contributed by atoms with Gasteiger partial charge in [-0.2, -0.15) is 0 Å². The number of benzene rings is 1. The van der Waals surface area contributed by atoms with Crippen LogP contribution in [0.15, 0.2) is 18.2 Å². The minimum Gasteiger partial charge on any atom is -0.543 e. The number of fused-ring (bicyclic) bond motifs is 5. The highest BCUT2D eigenvalue weighted by molar-refractivity contribution is 6.74. The van der Waals surface area contributed by atoms with Crippen molar-refractivity contribution in [3.8, 4) is 5.75 Å². The van der Waals surface area contributed by atoms with Crippen LogP contribution in [0, 0.1) is 17.3 Å². The van der Waals surface area contributed by atoms with Crippen molar-refractivity contribution in [2.45, 2.75) is 109 Å². The molecule has 3 aliphatic carbocycles. The molecular formula is C27H44O3Si. The van der Waals surface area contributed by atoms with Crippen LogP contribution >= 0.6 is 0 Å². The largest absolute Gasteiger partial charge is 0.543 e. The minimum absolute atomic E-state index is 0.00618. The highest BCUT2D eigenvalue weighted by Gasteiger charge is 2.61. The third kappa shape index (κ3) is 3.81. The fourth-order valence-corrected chi connectivity index (χ4v) is 7.98. The monoisotopic (exact) mass is 444 g/mol. The first-order chi connectivity index (χ1) is 14.4. The van der Waals surface area contributed by atoms with Gasteiger partial charge >= 0.3 is 0 Å². The quantitative estimate of drug-likeness (QED) is 0.514. The molecule has 1 aromatic rings.